The maximum absolute atomic E-state index is 12.9. The van der Waals surface area contributed by atoms with E-state index in [9.17, 15) is 13.2 Å². The van der Waals surface area contributed by atoms with E-state index in [1.165, 1.54) is 15.9 Å². The molecule has 174 valence electrons. The molecule has 1 amide bonds. The van der Waals surface area contributed by atoms with Gasteiger partial charge in [0, 0.05) is 51.5 Å². The van der Waals surface area contributed by atoms with Crippen molar-refractivity contribution >= 4 is 33.0 Å². The molecule has 3 heterocycles. The van der Waals surface area contributed by atoms with Crippen LogP contribution in [0.15, 0.2) is 46.0 Å². The summed E-state index contributed by atoms with van der Waals surface area (Å²) in [5.41, 5.74) is 1.83. The molecule has 0 unspecified atom stereocenters. The Morgan fingerprint density at radius 2 is 1.88 bits per heavy atom. The molecule has 2 aliphatic heterocycles. The van der Waals surface area contributed by atoms with Gasteiger partial charge in [-0.2, -0.15) is 15.6 Å². The number of hydrogen-bond acceptors (Lipinski definition) is 7. The minimum Gasteiger partial charge on any atom is -0.379 e. The lowest BCUT2D eigenvalue weighted by Crippen LogP contribution is -2.52. The van der Waals surface area contributed by atoms with Gasteiger partial charge in [-0.1, -0.05) is 6.07 Å². The Kier molecular flexibility index (Phi) is 7.59. The number of nitrogens with one attached hydrogen (secondary N) is 1. The van der Waals surface area contributed by atoms with Crippen molar-refractivity contribution in [2.45, 2.75) is 24.4 Å². The fraction of sp³-hybridized carbons (Fsp3) is 0.500. The molecule has 32 heavy (non-hydrogen) atoms. The van der Waals surface area contributed by atoms with Crippen LogP contribution in [0.2, 0.25) is 0 Å². The van der Waals surface area contributed by atoms with Crippen LogP contribution in [0, 0.1) is 0 Å². The SMILES string of the molecule is C[C@@H](C(=O)Nc1cccc(S(=O)(=O)N2CCOCC2)c1)N1CCN(Cc2ccsc2)CC1. The molecule has 1 aromatic heterocycles. The number of sulfonamides is 1. The van der Waals surface area contributed by atoms with Gasteiger partial charge in [0.25, 0.3) is 0 Å². The summed E-state index contributed by atoms with van der Waals surface area (Å²) >= 11 is 1.71. The zero-order chi connectivity index (χ0) is 22.6. The van der Waals surface area contributed by atoms with Gasteiger partial charge in [-0.05, 0) is 47.5 Å². The van der Waals surface area contributed by atoms with Crippen LogP contribution >= 0.6 is 11.3 Å². The van der Waals surface area contributed by atoms with Crippen molar-refractivity contribution in [3.8, 4) is 0 Å². The maximum atomic E-state index is 12.9. The van der Waals surface area contributed by atoms with Crippen LogP contribution < -0.4 is 5.32 Å². The topological polar surface area (TPSA) is 82.2 Å². The van der Waals surface area contributed by atoms with Gasteiger partial charge in [-0.3, -0.25) is 14.6 Å². The Labute approximate surface area is 193 Å². The molecule has 2 saturated heterocycles. The molecule has 0 bridgehead atoms. The number of piperazine rings is 1. The van der Waals surface area contributed by atoms with E-state index < -0.39 is 10.0 Å². The van der Waals surface area contributed by atoms with Gasteiger partial charge < -0.3 is 10.1 Å². The summed E-state index contributed by atoms with van der Waals surface area (Å²) in [5, 5.41) is 7.17. The molecule has 0 saturated carbocycles. The number of anilines is 1. The molecule has 4 rings (SSSR count). The zero-order valence-electron chi connectivity index (χ0n) is 18.3. The first-order valence-electron chi connectivity index (χ1n) is 10.9. The van der Waals surface area contributed by atoms with Gasteiger partial charge in [0.15, 0.2) is 0 Å². The van der Waals surface area contributed by atoms with Crippen molar-refractivity contribution < 1.29 is 17.9 Å². The Bertz CT molecular complexity index is 999. The Balaban J connectivity index is 1.33. The molecule has 0 radical (unpaired) electrons. The molecule has 1 N–H and O–H groups in total. The summed E-state index contributed by atoms with van der Waals surface area (Å²) in [7, 11) is -3.60. The van der Waals surface area contributed by atoms with Crippen molar-refractivity contribution in [3.63, 3.8) is 0 Å². The summed E-state index contributed by atoms with van der Waals surface area (Å²) in [6, 6.07) is 8.35. The van der Waals surface area contributed by atoms with Crippen molar-refractivity contribution in [2.75, 3.05) is 57.8 Å². The van der Waals surface area contributed by atoms with E-state index in [1.54, 1.807) is 29.5 Å². The molecular formula is C22H30N4O4S2. The first-order valence-corrected chi connectivity index (χ1v) is 13.3. The Morgan fingerprint density at radius 1 is 1.12 bits per heavy atom. The minimum absolute atomic E-state index is 0.128. The minimum atomic E-state index is -3.60. The highest BCUT2D eigenvalue weighted by molar-refractivity contribution is 7.89. The highest BCUT2D eigenvalue weighted by Gasteiger charge is 2.28. The van der Waals surface area contributed by atoms with Crippen LogP contribution in [0.25, 0.3) is 0 Å². The quantitative estimate of drug-likeness (QED) is 0.655. The van der Waals surface area contributed by atoms with E-state index in [-0.39, 0.29) is 16.8 Å². The second-order valence-electron chi connectivity index (χ2n) is 8.15. The number of thiophene rings is 1. The second kappa shape index (κ2) is 10.4. The summed E-state index contributed by atoms with van der Waals surface area (Å²) in [6.07, 6.45) is 0. The van der Waals surface area contributed by atoms with Crippen LogP contribution in [0.4, 0.5) is 5.69 Å². The zero-order valence-corrected chi connectivity index (χ0v) is 19.9. The Hall–Kier alpha value is -1.82. The summed E-state index contributed by atoms with van der Waals surface area (Å²) in [5.74, 6) is -0.128. The number of benzene rings is 1. The monoisotopic (exact) mass is 478 g/mol. The largest absolute Gasteiger partial charge is 0.379 e. The number of carbonyl (C=O) groups is 1. The highest BCUT2D eigenvalue weighted by atomic mass is 32.2. The standard InChI is InChI=1S/C22H30N4O4S2/c1-18(25-8-6-24(7-9-25)16-19-5-14-31-17-19)22(27)23-20-3-2-4-21(15-20)32(28,29)26-10-12-30-13-11-26/h2-5,14-15,17-18H,6-13,16H2,1H3,(H,23,27)/t18-/m0/s1. The van der Waals surface area contributed by atoms with Gasteiger partial charge >= 0.3 is 0 Å². The predicted molar refractivity (Wildman–Crippen MR) is 125 cm³/mol. The molecule has 8 nitrogen and oxygen atoms in total. The van der Waals surface area contributed by atoms with Gasteiger partial charge in [0.05, 0.1) is 24.2 Å². The van der Waals surface area contributed by atoms with Crippen LogP contribution in [-0.4, -0.2) is 87.0 Å². The van der Waals surface area contributed by atoms with Crippen LogP contribution in [0.1, 0.15) is 12.5 Å². The summed E-state index contributed by atoms with van der Waals surface area (Å²) in [4.78, 5) is 17.6. The average molecular weight is 479 g/mol. The van der Waals surface area contributed by atoms with Crippen LogP contribution in [0.3, 0.4) is 0 Å². The first kappa shape index (κ1) is 23.3. The lowest BCUT2D eigenvalue weighted by Gasteiger charge is -2.37. The third kappa shape index (κ3) is 5.56. The van der Waals surface area contributed by atoms with Crippen molar-refractivity contribution in [1.29, 1.82) is 0 Å². The van der Waals surface area contributed by atoms with Crippen molar-refractivity contribution in [1.82, 2.24) is 14.1 Å². The maximum Gasteiger partial charge on any atom is 0.243 e. The molecule has 2 fully saturated rings. The van der Waals surface area contributed by atoms with Crippen LogP contribution in [-0.2, 0) is 26.1 Å². The predicted octanol–water partition coefficient (Wildman–Crippen LogP) is 1.91. The number of carbonyl (C=O) groups excluding carboxylic acids is 1. The molecular weight excluding hydrogens is 448 g/mol. The number of hydrogen-bond donors (Lipinski definition) is 1. The third-order valence-electron chi connectivity index (χ3n) is 6.03. The molecule has 0 spiro atoms. The summed E-state index contributed by atoms with van der Waals surface area (Å²) in [6.45, 7) is 7.81. The smallest absolute Gasteiger partial charge is 0.243 e. The van der Waals surface area contributed by atoms with E-state index in [2.05, 4.69) is 31.9 Å². The fourth-order valence-corrected chi connectivity index (χ4v) is 6.15. The van der Waals surface area contributed by atoms with E-state index in [0.717, 1.165) is 32.7 Å². The van der Waals surface area contributed by atoms with Gasteiger partial charge in [0.1, 0.15) is 0 Å². The van der Waals surface area contributed by atoms with Gasteiger partial charge in [-0.15, -0.1) is 0 Å². The lowest BCUT2D eigenvalue weighted by molar-refractivity contribution is -0.121. The van der Waals surface area contributed by atoms with E-state index in [1.807, 2.05) is 6.92 Å². The number of rotatable bonds is 7. The number of morpholine rings is 1. The number of amides is 1. The molecule has 10 heteroatoms. The molecule has 2 aromatic rings. The lowest BCUT2D eigenvalue weighted by atomic mass is 10.2. The van der Waals surface area contributed by atoms with Crippen molar-refractivity contribution in [3.05, 3.63) is 46.7 Å². The Morgan fingerprint density at radius 3 is 2.56 bits per heavy atom. The first-order chi connectivity index (χ1) is 15.4. The molecule has 1 atom stereocenters. The fourth-order valence-electron chi connectivity index (χ4n) is 4.03. The molecule has 2 aliphatic rings. The van der Waals surface area contributed by atoms with E-state index in [0.29, 0.717) is 32.0 Å². The molecule has 0 aliphatic carbocycles. The second-order valence-corrected chi connectivity index (χ2v) is 10.9. The highest BCUT2D eigenvalue weighted by Crippen LogP contribution is 2.21. The van der Waals surface area contributed by atoms with E-state index in [4.69, 9.17) is 4.74 Å². The summed E-state index contributed by atoms with van der Waals surface area (Å²) < 4.78 is 32.5. The number of nitrogens with zero attached hydrogens (tertiary/aromatic N) is 3. The average Bonchev–Trinajstić information content (AvgIpc) is 3.33. The third-order valence-corrected chi connectivity index (χ3v) is 8.66. The van der Waals surface area contributed by atoms with Gasteiger partial charge in [0.2, 0.25) is 15.9 Å². The van der Waals surface area contributed by atoms with Crippen molar-refractivity contribution in [2.24, 2.45) is 0 Å². The number of ether oxygens (including phenoxy) is 1. The molecule has 1 aromatic carbocycles. The van der Waals surface area contributed by atoms with E-state index >= 15 is 0 Å². The normalized spacial score (nSPS) is 20.2. The van der Waals surface area contributed by atoms with Gasteiger partial charge in [-0.25, -0.2) is 8.42 Å². The van der Waals surface area contributed by atoms with Crippen LogP contribution in [0.5, 0.6) is 0 Å².